The molecule has 8 atom stereocenters. The molecule has 110 heavy (non-hydrogen) atoms. The van der Waals surface area contributed by atoms with E-state index in [4.69, 9.17) is 85.3 Å². The first kappa shape index (κ1) is 81.3. The molecule has 7 aromatic carbocycles. The van der Waals surface area contributed by atoms with Crippen LogP contribution in [0.5, 0.6) is 46.0 Å². The van der Waals surface area contributed by atoms with Gasteiger partial charge in [-0.25, -0.2) is 47.9 Å². The molecule has 28 nitrogen and oxygen atoms in total. The molecule has 7 aromatic rings. The van der Waals surface area contributed by atoms with Gasteiger partial charge in [-0.2, -0.15) is 0 Å². The van der Waals surface area contributed by atoms with Gasteiger partial charge in [0.1, 0.15) is 70.4 Å². The summed E-state index contributed by atoms with van der Waals surface area (Å²) in [5, 5.41) is 0. The van der Waals surface area contributed by atoms with Crippen LogP contribution in [0.4, 0.5) is 0 Å². The highest BCUT2D eigenvalue weighted by Gasteiger charge is 2.52. The molecule has 11 rings (SSSR count). The predicted octanol–water partition coefficient (Wildman–Crippen LogP) is 10.6. The Hall–Kier alpha value is -12.8. The highest BCUT2D eigenvalue weighted by atomic mass is 16.7. The summed E-state index contributed by atoms with van der Waals surface area (Å²) >= 11 is 0. The summed E-state index contributed by atoms with van der Waals surface area (Å²) in [5.41, 5.74) is 1.98. The van der Waals surface area contributed by atoms with Crippen LogP contribution in [-0.2, 0) is 66.5 Å². The minimum atomic E-state index is -0.648. The number of benzene rings is 7. The third kappa shape index (κ3) is 24.1. The highest BCUT2D eigenvalue weighted by Crippen LogP contribution is 2.34. The van der Waals surface area contributed by atoms with E-state index in [1.807, 2.05) is 0 Å². The average Bonchev–Trinajstić information content (AvgIpc) is 1.65. The Balaban J connectivity index is 0.000000193. The molecule has 574 valence electrons. The summed E-state index contributed by atoms with van der Waals surface area (Å²) in [7, 11) is 3.08. The molecule has 0 bridgehead atoms. The van der Waals surface area contributed by atoms with Gasteiger partial charge in [0, 0.05) is 24.3 Å². The number of hydrogen-bond donors (Lipinski definition) is 0. The Morgan fingerprint density at radius 1 is 0.291 bits per heavy atom. The number of hydrogen-bond acceptors (Lipinski definition) is 28. The lowest BCUT2D eigenvalue weighted by molar-refractivity contribution is -0.138. The molecule has 0 N–H and O–H groups in total. The van der Waals surface area contributed by atoms with E-state index < -0.39 is 109 Å². The van der Waals surface area contributed by atoms with Crippen molar-refractivity contribution in [2.24, 2.45) is 0 Å². The van der Waals surface area contributed by atoms with Crippen molar-refractivity contribution in [3.05, 3.63) is 254 Å². The van der Waals surface area contributed by atoms with Crippen LogP contribution in [-0.4, -0.2) is 176 Å². The van der Waals surface area contributed by atoms with E-state index in [1.165, 1.54) is 72.8 Å². The standard InChI is InChI=1S/C34H34O10.2C24H22O9/c1-3-31(35)41-23-7-5-21-39-27-13-9-25(10-14-27)33(37)43-29-17-19-30(20-18-29)44-34(38)26-11-15-28(16-12-26)40-22-6-8-24-42-32(36)4-2;2*1-3-20(25)31-17-10-6-15(7-11-17)24(27)33-19-13-30-21-18(12-29-22(19)21)32-23(26)14-4-8-16(28-2)9-5-14/h3-4,9-20H,1-2,5-8,21-24H2;2*3-11,18-19,21-22H,1,12-13H2,2H3/t;18-,19+,21+,22+;18-,19+,21-,22-/m.01/s1. The van der Waals surface area contributed by atoms with Crippen LogP contribution in [0, 0.1) is 0 Å². The molecule has 4 saturated heterocycles. The molecule has 28 heteroatoms. The Labute approximate surface area is 631 Å². The van der Waals surface area contributed by atoms with Gasteiger partial charge in [0.15, 0.2) is 24.4 Å². The van der Waals surface area contributed by atoms with Gasteiger partial charge in [0.25, 0.3) is 0 Å². The number of unbranched alkanes of at least 4 members (excludes halogenated alkanes) is 2. The first-order valence-electron chi connectivity index (χ1n) is 34.4. The van der Waals surface area contributed by atoms with Gasteiger partial charge >= 0.3 is 59.7 Å². The van der Waals surface area contributed by atoms with E-state index in [0.717, 1.165) is 24.3 Å². The lowest BCUT2D eigenvalue weighted by Gasteiger charge is -2.17. The van der Waals surface area contributed by atoms with Crippen molar-refractivity contribution in [1.82, 2.24) is 0 Å². The zero-order chi connectivity index (χ0) is 78.3. The molecule has 0 spiro atoms. The number of esters is 10. The third-order valence-corrected chi connectivity index (χ3v) is 16.4. The fourth-order valence-electron chi connectivity index (χ4n) is 10.7. The van der Waals surface area contributed by atoms with E-state index in [9.17, 15) is 47.9 Å². The van der Waals surface area contributed by atoms with E-state index in [2.05, 4.69) is 26.3 Å². The van der Waals surface area contributed by atoms with Gasteiger partial charge in [0.2, 0.25) is 0 Å². The number of rotatable bonds is 32. The van der Waals surface area contributed by atoms with Gasteiger partial charge in [0.05, 0.1) is 100 Å². The molecule has 0 aliphatic carbocycles. The SMILES string of the molecule is C=CC(=O)OCCCCOc1ccc(C(=O)Oc2ccc(OC(=O)c3ccc(OCCCCOC(=O)C=C)cc3)cc2)cc1.C=CC(=O)Oc1ccc(C(=O)O[C@@H]2CO[C@H]3[C@@H]2OC[C@@H]3OC(=O)c2ccc(OC)cc2)cc1.C=CC(=O)Oc1ccc(C(=O)O[C@H]2CO[C@H]3[C@@H]2OC[C@H]3OC(=O)c2ccc(OC)cc2)cc1. The summed E-state index contributed by atoms with van der Waals surface area (Å²) in [4.78, 5) is 119. The number of ether oxygens (including phenoxy) is 18. The maximum atomic E-state index is 12.5. The van der Waals surface area contributed by atoms with Crippen molar-refractivity contribution >= 4 is 59.7 Å². The number of fused-ring (bicyclic) bond motifs is 2. The largest absolute Gasteiger partial charge is 0.497 e. The summed E-state index contributed by atoms with van der Waals surface area (Å²) in [6, 6.07) is 44.1. The van der Waals surface area contributed by atoms with Gasteiger partial charge in [-0.15, -0.1) is 0 Å². The average molecular weight is 1510 g/mol. The predicted molar refractivity (Wildman–Crippen MR) is 387 cm³/mol. The molecule has 0 amide bonds. The zero-order valence-electron chi connectivity index (χ0n) is 59.8. The second kappa shape index (κ2) is 41.4. The monoisotopic (exact) mass is 1510 g/mol. The van der Waals surface area contributed by atoms with Crippen LogP contribution >= 0.6 is 0 Å². The topological polar surface area (TPSA) is 337 Å². The maximum Gasteiger partial charge on any atom is 0.343 e. The minimum Gasteiger partial charge on any atom is -0.497 e. The number of methoxy groups -OCH3 is 2. The van der Waals surface area contributed by atoms with Gasteiger partial charge < -0.3 is 85.3 Å². The highest BCUT2D eigenvalue weighted by molar-refractivity contribution is 5.94. The molecule has 4 aliphatic heterocycles. The lowest BCUT2D eigenvalue weighted by atomic mass is 10.1. The summed E-state index contributed by atoms with van der Waals surface area (Å²) in [5.74, 6) is -1.78. The molecular formula is C82H78O28. The van der Waals surface area contributed by atoms with Crippen LogP contribution in [0.25, 0.3) is 0 Å². The van der Waals surface area contributed by atoms with Gasteiger partial charge in [-0.05, 0) is 196 Å². The Morgan fingerprint density at radius 3 is 0.764 bits per heavy atom. The summed E-state index contributed by atoms with van der Waals surface area (Å²) in [6.45, 7) is 15.3. The van der Waals surface area contributed by atoms with Crippen molar-refractivity contribution in [3.63, 3.8) is 0 Å². The molecule has 4 aliphatic rings. The van der Waals surface area contributed by atoms with E-state index in [0.29, 0.717) is 97.4 Å². The quantitative estimate of drug-likeness (QED) is 0.0124. The zero-order valence-corrected chi connectivity index (χ0v) is 59.8. The second-order valence-electron chi connectivity index (χ2n) is 23.9. The molecule has 4 fully saturated rings. The van der Waals surface area contributed by atoms with Crippen molar-refractivity contribution in [2.45, 2.75) is 74.5 Å². The first-order valence-corrected chi connectivity index (χ1v) is 34.4. The molecule has 0 saturated carbocycles. The third-order valence-electron chi connectivity index (χ3n) is 16.4. The van der Waals surface area contributed by atoms with Crippen LogP contribution in [0.2, 0.25) is 0 Å². The second-order valence-corrected chi connectivity index (χ2v) is 23.9. The normalized spacial score (nSPS) is 18.1. The number of carbonyl (C=O) groups excluding carboxylic acids is 10. The fourth-order valence-corrected chi connectivity index (χ4v) is 10.7. The molecule has 4 heterocycles. The van der Waals surface area contributed by atoms with E-state index in [-0.39, 0.29) is 60.6 Å². The number of carbonyl (C=O) groups is 10. The van der Waals surface area contributed by atoms with Gasteiger partial charge in [-0.1, -0.05) is 26.3 Å². The van der Waals surface area contributed by atoms with E-state index >= 15 is 0 Å². The van der Waals surface area contributed by atoms with Crippen LogP contribution in [0.3, 0.4) is 0 Å². The van der Waals surface area contributed by atoms with Crippen LogP contribution in [0.15, 0.2) is 220 Å². The van der Waals surface area contributed by atoms with E-state index in [1.54, 1.807) is 111 Å². The van der Waals surface area contributed by atoms with Gasteiger partial charge in [-0.3, -0.25) is 0 Å². The Morgan fingerprint density at radius 2 is 0.509 bits per heavy atom. The molecule has 0 unspecified atom stereocenters. The minimum absolute atomic E-state index is 0.118. The first-order chi connectivity index (χ1) is 53.3. The summed E-state index contributed by atoms with van der Waals surface area (Å²) < 4.78 is 97.1. The van der Waals surface area contributed by atoms with Crippen LogP contribution in [0.1, 0.15) is 87.8 Å². The Kier molecular flexibility index (Phi) is 30.6. The summed E-state index contributed by atoms with van der Waals surface area (Å²) in [6.07, 6.45) is 2.34. The lowest BCUT2D eigenvalue weighted by Crippen LogP contribution is -2.36. The smallest absolute Gasteiger partial charge is 0.343 e. The molecule has 0 radical (unpaired) electrons. The van der Waals surface area contributed by atoms with Crippen molar-refractivity contribution in [3.8, 4) is 46.0 Å². The molecule has 0 aromatic heterocycles. The van der Waals surface area contributed by atoms with Crippen molar-refractivity contribution < 1.29 is 133 Å². The Bertz CT molecular complexity index is 4050. The van der Waals surface area contributed by atoms with Crippen LogP contribution < -0.4 is 37.9 Å². The fraction of sp³-hybridized carbons (Fsp3) is 0.268. The van der Waals surface area contributed by atoms with Crippen molar-refractivity contribution in [1.29, 1.82) is 0 Å². The molecular weight excluding hydrogens is 1430 g/mol. The van der Waals surface area contributed by atoms with Crippen molar-refractivity contribution in [2.75, 3.05) is 67.1 Å². The maximum absolute atomic E-state index is 12.5.